The molecule has 0 radical (unpaired) electrons. The summed E-state index contributed by atoms with van der Waals surface area (Å²) in [6, 6.07) is 4.00. The Morgan fingerprint density at radius 3 is 3.07 bits per heavy atom. The van der Waals surface area contributed by atoms with E-state index in [1.165, 1.54) is 5.56 Å². The zero-order valence-electron chi connectivity index (χ0n) is 7.83. The second-order valence-electron chi connectivity index (χ2n) is 4.04. The molecule has 3 heteroatoms. The first-order valence-corrected chi connectivity index (χ1v) is 4.89. The zero-order chi connectivity index (χ0) is 9.60. The van der Waals surface area contributed by atoms with Crippen LogP contribution in [0.3, 0.4) is 0 Å². The average Bonchev–Trinajstić information content (AvgIpc) is 2.91. The van der Waals surface area contributed by atoms with Crippen LogP contribution in [0.15, 0.2) is 24.5 Å². The predicted octanol–water partition coefficient (Wildman–Crippen LogP) is 1.59. The van der Waals surface area contributed by atoms with E-state index in [2.05, 4.69) is 16.0 Å². The number of H-pyrrole nitrogens is 1. The van der Waals surface area contributed by atoms with Crippen molar-refractivity contribution in [3.63, 3.8) is 0 Å². The number of fused-ring (bicyclic) bond motifs is 1. The van der Waals surface area contributed by atoms with Crippen molar-refractivity contribution in [1.82, 2.24) is 9.97 Å². The molecular weight excluding hydrogens is 176 g/mol. The molecule has 2 aromatic rings. The smallest absolute Gasteiger partial charge is 0.137 e. The van der Waals surface area contributed by atoms with Crippen molar-refractivity contribution < 1.29 is 5.11 Å². The number of nitrogens with one attached hydrogen (secondary N) is 1. The van der Waals surface area contributed by atoms with Gasteiger partial charge in [0.15, 0.2) is 0 Å². The maximum absolute atomic E-state index is 9.35. The minimum Gasteiger partial charge on any atom is -0.395 e. The van der Waals surface area contributed by atoms with Gasteiger partial charge in [-0.3, -0.25) is 0 Å². The molecule has 14 heavy (non-hydrogen) atoms. The van der Waals surface area contributed by atoms with E-state index in [0.29, 0.717) is 0 Å². The highest BCUT2D eigenvalue weighted by Crippen LogP contribution is 2.49. The van der Waals surface area contributed by atoms with Gasteiger partial charge in [0, 0.05) is 23.2 Å². The van der Waals surface area contributed by atoms with Crippen LogP contribution in [0.5, 0.6) is 0 Å². The molecule has 0 saturated heterocycles. The third-order valence-electron chi connectivity index (χ3n) is 3.18. The van der Waals surface area contributed by atoms with Crippen LogP contribution in [-0.4, -0.2) is 21.7 Å². The van der Waals surface area contributed by atoms with Crippen LogP contribution in [0, 0.1) is 0 Å². The van der Waals surface area contributed by atoms with E-state index in [4.69, 9.17) is 0 Å². The molecular formula is C11H12N2O. The lowest BCUT2D eigenvalue weighted by molar-refractivity contribution is 0.256. The topological polar surface area (TPSA) is 48.9 Å². The molecule has 0 bridgehead atoms. The van der Waals surface area contributed by atoms with Crippen molar-refractivity contribution in [3.8, 4) is 0 Å². The third kappa shape index (κ3) is 0.930. The van der Waals surface area contributed by atoms with Crippen LogP contribution in [0.4, 0.5) is 0 Å². The summed E-state index contributed by atoms with van der Waals surface area (Å²) in [7, 11) is 0. The minimum absolute atomic E-state index is 0.0291. The molecule has 0 atom stereocenters. The first-order valence-electron chi connectivity index (χ1n) is 4.89. The highest BCUT2D eigenvalue weighted by Gasteiger charge is 2.45. The van der Waals surface area contributed by atoms with E-state index in [1.807, 2.05) is 12.3 Å². The standard InChI is InChI=1S/C11H12N2O/c14-7-11(3-4-11)9-6-13-10-8(9)2-1-5-12-10/h1-2,5-6,14H,3-4,7H2,(H,12,13). The number of aromatic amines is 1. The van der Waals surface area contributed by atoms with Gasteiger partial charge < -0.3 is 10.1 Å². The van der Waals surface area contributed by atoms with Crippen LogP contribution < -0.4 is 0 Å². The molecule has 0 unspecified atom stereocenters. The summed E-state index contributed by atoms with van der Waals surface area (Å²) in [6.45, 7) is 0.245. The first kappa shape index (κ1) is 8.00. The lowest BCUT2D eigenvalue weighted by atomic mass is 9.97. The normalized spacial score (nSPS) is 18.6. The molecule has 1 fully saturated rings. The van der Waals surface area contributed by atoms with Crippen LogP contribution in [0.1, 0.15) is 18.4 Å². The van der Waals surface area contributed by atoms with Crippen molar-refractivity contribution in [2.45, 2.75) is 18.3 Å². The molecule has 0 spiro atoms. The van der Waals surface area contributed by atoms with Crippen molar-refractivity contribution in [3.05, 3.63) is 30.1 Å². The largest absolute Gasteiger partial charge is 0.395 e. The average molecular weight is 188 g/mol. The monoisotopic (exact) mass is 188 g/mol. The molecule has 1 aliphatic carbocycles. The first-order chi connectivity index (χ1) is 6.86. The van der Waals surface area contributed by atoms with Gasteiger partial charge in [-0.15, -0.1) is 0 Å². The molecule has 2 heterocycles. The van der Waals surface area contributed by atoms with Crippen LogP contribution in [0.25, 0.3) is 11.0 Å². The second-order valence-corrected chi connectivity index (χ2v) is 4.04. The highest BCUT2D eigenvalue weighted by molar-refractivity contribution is 5.81. The number of hydrogen-bond donors (Lipinski definition) is 2. The van der Waals surface area contributed by atoms with Gasteiger partial charge in [0.25, 0.3) is 0 Å². The molecule has 0 aliphatic heterocycles. The minimum atomic E-state index is 0.0291. The van der Waals surface area contributed by atoms with Gasteiger partial charge >= 0.3 is 0 Å². The Balaban J connectivity index is 2.22. The van der Waals surface area contributed by atoms with E-state index in [9.17, 15) is 5.11 Å². The van der Waals surface area contributed by atoms with Crippen LogP contribution in [-0.2, 0) is 5.41 Å². The summed E-state index contributed by atoms with van der Waals surface area (Å²) in [5.41, 5.74) is 2.17. The fourth-order valence-corrected chi connectivity index (χ4v) is 2.06. The second kappa shape index (κ2) is 2.58. The van der Waals surface area contributed by atoms with E-state index < -0.39 is 0 Å². The van der Waals surface area contributed by atoms with Gasteiger partial charge in [0.2, 0.25) is 0 Å². The van der Waals surface area contributed by atoms with Gasteiger partial charge in [0.05, 0.1) is 6.61 Å². The fraction of sp³-hybridized carbons (Fsp3) is 0.364. The number of aromatic nitrogens is 2. The van der Waals surface area contributed by atoms with Crippen LogP contribution >= 0.6 is 0 Å². The Hall–Kier alpha value is -1.35. The zero-order valence-corrected chi connectivity index (χ0v) is 7.83. The Labute approximate surface area is 81.8 Å². The van der Waals surface area contributed by atoms with Crippen LogP contribution in [0.2, 0.25) is 0 Å². The highest BCUT2D eigenvalue weighted by atomic mass is 16.3. The van der Waals surface area contributed by atoms with E-state index in [0.717, 1.165) is 23.9 Å². The molecule has 3 nitrogen and oxygen atoms in total. The van der Waals surface area contributed by atoms with E-state index in [1.54, 1.807) is 6.20 Å². The van der Waals surface area contributed by atoms with Crippen molar-refractivity contribution in [1.29, 1.82) is 0 Å². The molecule has 1 saturated carbocycles. The number of rotatable bonds is 2. The van der Waals surface area contributed by atoms with Crippen molar-refractivity contribution in [2.24, 2.45) is 0 Å². The summed E-state index contributed by atoms with van der Waals surface area (Å²) in [6.07, 6.45) is 5.94. The molecule has 2 aromatic heterocycles. The van der Waals surface area contributed by atoms with Crippen molar-refractivity contribution >= 4 is 11.0 Å². The summed E-state index contributed by atoms with van der Waals surface area (Å²) < 4.78 is 0. The quantitative estimate of drug-likeness (QED) is 0.751. The SMILES string of the molecule is OCC1(c2c[nH]c3ncccc23)CC1. The molecule has 0 aromatic carbocycles. The van der Waals surface area contributed by atoms with Gasteiger partial charge in [-0.2, -0.15) is 0 Å². The van der Waals surface area contributed by atoms with Gasteiger partial charge in [-0.05, 0) is 30.5 Å². The van der Waals surface area contributed by atoms with Gasteiger partial charge in [-0.25, -0.2) is 4.98 Å². The Morgan fingerprint density at radius 2 is 2.36 bits per heavy atom. The molecule has 0 amide bonds. The Kier molecular flexibility index (Phi) is 1.47. The third-order valence-corrected chi connectivity index (χ3v) is 3.18. The van der Waals surface area contributed by atoms with Crippen molar-refractivity contribution in [2.75, 3.05) is 6.61 Å². The lowest BCUT2D eigenvalue weighted by Crippen LogP contribution is -2.10. The maximum atomic E-state index is 9.35. The molecule has 72 valence electrons. The van der Waals surface area contributed by atoms with E-state index >= 15 is 0 Å². The molecule has 3 rings (SSSR count). The molecule has 1 aliphatic rings. The number of hydrogen-bond acceptors (Lipinski definition) is 2. The number of aliphatic hydroxyl groups is 1. The summed E-state index contributed by atoms with van der Waals surface area (Å²) in [5.74, 6) is 0. The van der Waals surface area contributed by atoms with Gasteiger partial charge in [-0.1, -0.05) is 0 Å². The van der Waals surface area contributed by atoms with E-state index in [-0.39, 0.29) is 12.0 Å². The lowest BCUT2D eigenvalue weighted by Gasteiger charge is -2.09. The summed E-state index contributed by atoms with van der Waals surface area (Å²) >= 11 is 0. The number of aliphatic hydroxyl groups excluding tert-OH is 1. The number of nitrogens with zero attached hydrogens (tertiary/aromatic N) is 1. The maximum Gasteiger partial charge on any atom is 0.137 e. The molecule has 2 N–H and O–H groups in total. The number of pyridine rings is 1. The van der Waals surface area contributed by atoms with Gasteiger partial charge in [0.1, 0.15) is 5.65 Å². The predicted molar refractivity (Wildman–Crippen MR) is 54.1 cm³/mol. The Bertz CT molecular complexity index is 471. The summed E-state index contributed by atoms with van der Waals surface area (Å²) in [5, 5.41) is 10.5. The summed E-state index contributed by atoms with van der Waals surface area (Å²) in [4.78, 5) is 7.39. The Morgan fingerprint density at radius 1 is 1.50 bits per heavy atom. The fourth-order valence-electron chi connectivity index (χ4n) is 2.06.